The maximum absolute atomic E-state index is 13.0. The standard InChI is InChI=1S/C23H24N2O3/c1-25-21-10-6-5-9-16(21)14-19(23(25)28)22(27)24-20(17-12-18(26)13-17)11-15-7-3-2-4-8-15/h2-10,14,17-18,20,26H,11-13H2,1H3,(H,24,27)/t17?,18?,20-/m1/s1. The largest absolute Gasteiger partial charge is 0.393 e. The molecule has 2 N–H and O–H groups in total. The number of hydrogen-bond acceptors (Lipinski definition) is 3. The summed E-state index contributed by atoms with van der Waals surface area (Å²) in [7, 11) is 1.69. The highest BCUT2D eigenvalue weighted by Crippen LogP contribution is 2.32. The zero-order chi connectivity index (χ0) is 19.7. The molecule has 0 saturated heterocycles. The van der Waals surface area contributed by atoms with Crippen LogP contribution in [0.3, 0.4) is 0 Å². The van der Waals surface area contributed by atoms with Gasteiger partial charge in [0.05, 0.1) is 11.6 Å². The summed E-state index contributed by atoms with van der Waals surface area (Å²) in [6.07, 6.45) is 1.73. The average Bonchev–Trinajstić information content (AvgIpc) is 2.68. The molecule has 0 spiro atoms. The third kappa shape index (κ3) is 3.58. The number of aliphatic hydroxyl groups excluding tert-OH is 1. The Labute approximate surface area is 163 Å². The van der Waals surface area contributed by atoms with Gasteiger partial charge >= 0.3 is 0 Å². The SMILES string of the molecule is Cn1c(=O)c(C(=O)N[C@H](Cc2ccccc2)C2CC(O)C2)cc2ccccc21. The normalized spacial score (nSPS) is 19.8. The summed E-state index contributed by atoms with van der Waals surface area (Å²) in [5, 5.41) is 13.6. The molecule has 2 aromatic carbocycles. The molecule has 1 saturated carbocycles. The van der Waals surface area contributed by atoms with Crippen LogP contribution in [0.1, 0.15) is 28.8 Å². The van der Waals surface area contributed by atoms with Gasteiger partial charge < -0.3 is 15.0 Å². The van der Waals surface area contributed by atoms with Crippen LogP contribution in [-0.4, -0.2) is 27.7 Å². The van der Waals surface area contributed by atoms with Crippen LogP contribution in [0.25, 0.3) is 10.9 Å². The molecule has 5 heteroatoms. The second-order valence-corrected chi connectivity index (χ2v) is 7.64. The molecule has 1 aromatic heterocycles. The minimum atomic E-state index is -0.353. The molecule has 1 fully saturated rings. The van der Waals surface area contributed by atoms with Gasteiger partial charge in [-0.15, -0.1) is 0 Å². The third-order valence-electron chi connectivity index (χ3n) is 5.71. The first-order chi connectivity index (χ1) is 13.5. The lowest BCUT2D eigenvalue weighted by Gasteiger charge is -2.38. The third-order valence-corrected chi connectivity index (χ3v) is 5.71. The number of nitrogens with one attached hydrogen (secondary N) is 1. The van der Waals surface area contributed by atoms with E-state index in [0.717, 1.165) is 16.5 Å². The summed E-state index contributed by atoms with van der Waals surface area (Å²) in [6, 6.07) is 19.1. The Morgan fingerprint density at radius 3 is 2.54 bits per heavy atom. The van der Waals surface area contributed by atoms with Crippen molar-refractivity contribution in [3.05, 3.63) is 82.1 Å². The maximum Gasteiger partial charge on any atom is 0.263 e. The van der Waals surface area contributed by atoms with Crippen molar-refractivity contribution >= 4 is 16.8 Å². The Bertz CT molecular complexity index is 1050. The number of hydrogen-bond donors (Lipinski definition) is 2. The van der Waals surface area contributed by atoms with Crippen molar-refractivity contribution in [2.45, 2.75) is 31.4 Å². The highest BCUT2D eigenvalue weighted by molar-refractivity contribution is 5.97. The van der Waals surface area contributed by atoms with Crippen LogP contribution in [0, 0.1) is 5.92 Å². The molecule has 4 rings (SSSR count). The number of para-hydroxylation sites is 1. The van der Waals surface area contributed by atoms with Gasteiger partial charge in [0.25, 0.3) is 11.5 Å². The number of aliphatic hydroxyl groups is 1. The van der Waals surface area contributed by atoms with Gasteiger partial charge in [-0.25, -0.2) is 0 Å². The van der Waals surface area contributed by atoms with Crippen LogP contribution < -0.4 is 10.9 Å². The van der Waals surface area contributed by atoms with Gasteiger partial charge in [-0.1, -0.05) is 48.5 Å². The van der Waals surface area contributed by atoms with E-state index in [1.54, 1.807) is 13.1 Å². The summed E-state index contributed by atoms with van der Waals surface area (Å²) in [4.78, 5) is 25.7. The fourth-order valence-corrected chi connectivity index (χ4v) is 3.99. The molecule has 0 radical (unpaired) electrons. The van der Waals surface area contributed by atoms with Crippen molar-refractivity contribution in [1.82, 2.24) is 9.88 Å². The van der Waals surface area contributed by atoms with Crippen molar-refractivity contribution in [3.8, 4) is 0 Å². The molecule has 1 heterocycles. The Balaban J connectivity index is 1.61. The lowest BCUT2D eigenvalue weighted by atomic mass is 9.75. The zero-order valence-electron chi connectivity index (χ0n) is 15.8. The first-order valence-electron chi connectivity index (χ1n) is 9.64. The van der Waals surface area contributed by atoms with Crippen LogP contribution in [0.5, 0.6) is 0 Å². The van der Waals surface area contributed by atoms with E-state index in [2.05, 4.69) is 5.32 Å². The average molecular weight is 376 g/mol. The topological polar surface area (TPSA) is 71.3 Å². The minimum absolute atomic E-state index is 0.116. The molecule has 5 nitrogen and oxygen atoms in total. The van der Waals surface area contributed by atoms with Crippen molar-refractivity contribution in [1.29, 1.82) is 0 Å². The number of pyridine rings is 1. The number of fused-ring (bicyclic) bond motifs is 1. The van der Waals surface area contributed by atoms with Crippen LogP contribution in [0.4, 0.5) is 0 Å². The smallest absolute Gasteiger partial charge is 0.263 e. The number of nitrogens with zero attached hydrogens (tertiary/aromatic N) is 1. The van der Waals surface area contributed by atoms with E-state index in [1.165, 1.54) is 4.57 Å². The predicted octanol–water partition coefficient (Wildman–Crippen LogP) is 2.65. The number of rotatable bonds is 5. The molecule has 3 aromatic rings. The number of aromatic nitrogens is 1. The summed E-state index contributed by atoms with van der Waals surface area (Å²) in [5.41, 5.74) is 1.77. The van der Waals surface area contributed by atoms with Crippen LogP contribution in [0.2, 0.25) is 0 Å². The lowest BCUT2D eigenvalue weighted by Crippen LogP contribution is -2.49. The molecule has 0 bridgehead atoms. The summed E-state index contributed by atoms with van der Waals surface area (Å²) < 4.78 is 1.52. The van der Waals surface area contributed by atoms with Gasteiger partial charge in [-0.2, -0.15) is 0 Å². The molecule has 0 aliphatic heterocycles. The Kier molecular flexibility index (Phi) is 5.01. The van der Waals surface area contributed by atoms with Crippen molar-refractivity contribution in [3.63, 3.8) is 0 Å². The Hall–Kier alpha value is -2.92. The van der Waals surface area contributed by atoms with E-state index in [0.29, 0.717) is 19.3 Å². The summed E-state index contributed by atoms with van der Waals surface area (Å²) in [5.74, 6) is -0.142. The molecular formula is C23H24N2O3. The second-order valence-electron chi connectivity index (χ2n) is 7.64. The van der Waals surface area contributed by atoms with E-state index in [1.807, 2.05) is 54.6 Å². The quantitative estimate of drug-likeness (QED) is 0.719. The van der Waals surface area contributed by atoms with E-state index in [-0.39, 0.29) is 35.1 Å². The summed E-state index contributed by atoms with van der Waals surface area (Å²) >= 11 is 0. The summed E-state index contributed by atoms with van der Waals surface area (Å²) in [6.45, 7) is 0. The van der Waals surface area contributed by atoms with Crippen molar-refractivity contribution in [2.75, 3.05) is 0 Å². The van der Waals surface area contributed by atoms with E-state index in [9.17, 15) is 14.7 Å². The molecule has 0 unspecified atom stereocenters. The number of benzene rings is 2. The molecule has 1 atom stereocenters. The van der Waals surface area contributed by atoms with Crippen LogP contribution >= 0.6 is 0 Å². The first kappa shape index (κ1) is 18.4. The molecule has 144 valence electrons. The van der Waals surface area contributed by atoms with Gasteiger partial charge in [0.1, 0.15) is 5.56 Å². The second kappa shape index (κ2) is 7.60. The molecular weight excluding hydrogens is 352 g/mol. The number of aryl methyl sites for hydroxylation is 1. The molecule has 28 heavy (non-hydrogen) atoms. The first-order valence-corrected chi connectivity index (χ1v) is 9.64. The molecule has 1 amide bonds. The van der Waals surface area contributed by atoms with Crippen LogP contribution in [0.15, 0.2) is 65.5 Å². The van der Waals surface area contributed by atoms with Gasteiger partial charge in [-0.3, -0.25) is 9.59 Å². The number of carbonyl (C=O) groups excluding carboxylic acids is 1. The van der Waals surface area contributed by atoms with Gasteiger partial charge in [0.2, 0.25) is 0 Å². The Morgan fingerprint density at radius 1 is 1.14 bits per heavy atom. The minimum Gasteiger partial charge on any atom is -0.393 e. The van der Waals surface area contributed by atoms with Crippen molar-refractivity contribution in [2.24, 2.45) is 13.0 Å². The highest BCUT2D eigenvalue weighted by atomic mass is 16.3. The van der Waals surface area contributed by atoms with Gasteiger partial charge in [0, 0.05) is 13.1 Å². The van der Waals surface area contributed by atoms with E-state index in [4.69, 9.17) is 0 Å². The monoisotopic (exact) mass is 376 g/mol. The Morgan fingerprint density at radius 2 is 1.82 bits per heavy atom. The number of carbonyl (C=O) groups is 1. The predicted molar refractivity (Wildman–Crippen MR) is 109 cm³/mol. The van der Waals surface area contributed by atoms with E-state index < -0.39 is 0 Å². The zero-order valence-corrected chi connectivity index (χ0v) is 15.8. The fraction of sp³-hybridized carbons (Fsp3) is 0.304. The number of amides is 1. The maximum atomic E-state index is 13.0. The fourth-order valence-electron chi connectivity index (χ4n) is 3.99. The van der Waals surface area contributed by atoms with Crippen molar-refractivity contribution < 1.29 is 9.90 Å². The van der Waals surface area contributed by atoms with E-state index >= 15 is 0 Å². The van der Waals surface area contributed by atoms with Crippen LogP contribution in [-0.2, 0) is 13.5 Å². The molecule has 1 aliphatic rings. The highest BCUT2D eigenvalue weighted by Gasteiger charge is 2.35. The molecule has 1 aliphatic carbocycles. The van der Waals surface area contributed by atoms with Gasteiger partial charge in [0.15, 0.2) is 0 Å². The lowest BCUT2D eigenvalue weighted by molar-refractivity contribution is 0.0239. The van der Waals surface area contributed by atoms with Gasteiger partial charge in [-0.05, 0) is 48.3 Å².